The minimum absolute atomic E-state index is 0.197. The molecule has 0 spiro atoms. The van der Waals surface area contributed by atoms with Crippen LogP contribution in [-0.4, -0.2) is 43.0 Å². The molecule has 0 saturated carbocycles. The number of carbonyl (C=O) groups excluding carboxylic acids is 2. The number of carbonyl (C=O) groups is 2. The smallest absolute Gasteiger partial charge is 0.191 e. The van der Waals surface area contributed by atoms with Gasteiger partial charge in [0.15, 0.2) is 17.4 Å². The lowest BCUT2D eigenvalue weighted by Gasteiger charge is -2.12. The monoisotopic (exact) mass is 362 g/mol. The Hall–Kier alpha value is -3.55. The normalized spacial score (nSPS) is 18.6. The number of imidazole rings is 1. The number of anilines is 1. The molecule has 4 rings (SSSR count). The summed E-state index contributed by atoms with van der Waals surface area (Å²) in [5.41, 5.74) is 1.62. The molecule has 0 fully saturated rings. The number of Topliss-reactive ketones (excluding diaryl/α,β-unsaturated/α-hetero) is 1. The molecule has 1 unspecified atom stereocenters. The van der Waals surface area contributed by atoms with Crippen molar-refractivity contribution >= 4 is 34.3 Å². The third kappa shape index (κ3) is 3.29. The second kappa shape index (κ2) is 6.99. The average Bonchev–Trinajstić information content (AvgIpc) is 3.31. The maximum Gasteiger partial charge on any atom is 0.191 e. The van der Waals surface area contributed by atoms with E-state index in [0.29, 0.717) is 24.6 Å². The second-order valence-electron chi connectivity index (χ2n) is 6.27. The number of rotatable bonds is 5. The lowest BCUT2D eigenvalue weighted by Crippen LogP contribution is -2.29. The highest BCUT2D eigenvalue weighted by molar-refractivity contribution is 6.50. The van der Waals surface area contributed by atoms with Gasteiger partial charge in [0, 0.05) is 31.7 Å². The Bertz CT molecular complexity index is 1060. The fourth-order valence-electron chi connectivity index (χ4n) is 2.89. The number of hydrogen-bond donors (Lipinski definition) is 1. The van der Waals surface area contributed by atoms with Gasteiger partial charge >= 0.3 is 0 Å². The van der Waals surface area contributed by atoms with Crippen molar-refractivity contribution in [2.24, 2.45) is 10.9 Å². The molecular formula is C19H18N6O2. The SMILES string of the molecule is CC1C(=O)C=CC(=Nc2c(NCCn3ccnc3)nn3ccccc23)C1=O. The van der Waals surface area contributed by atoms with Gasteiger partial charge in [-0.1, -0.05) is 6.07 Å². The van der Waals surface area contributed by atoms with Crippen molar-refractivity contribution in [3.05, 3.63) is 55.3 Å². The van der Waals surface area contributed by atoms with Gasteiger partial charge in [0.2, 0.25) is 0 Å². The molecule has 0 bridgehead atoms. The number of pyridine rings is 1. The third-order valence-electron chi connectivity index (χ3n) is 4.45. The van der Waals surface area contributed by atoms with Crippen LogP contribution in [0.15, 0.2) is 60.3 Å². The van der Waals surface area contributed by atoms with Gasteiger partial charge < -0.3 is 9.88 Å². The van der Waals surface area contributed by atoms with Crippen LogP contribution in [0.3, 0.4) is 0 Å². The average molecular weight is 362 g/mol. The molecule has 1 aliphatic rings. The van der Waals surface area contributed by atoms with Gasteiger partial charge in [0.1, 0.15) is 11.4 Å². The van der Waals surface area contributed by atoms with E-state index in [4.69, 9.17) is 0 Å². The van der Waals surface area contributed by atoms with Gasteiger partial charge in [0.25, 0.3) is 0 Å². The Morgan fingerprint density at radius 1 is 1.22 bits per heavy atom. The zero-order chi connectivity index (χ0) is 18.8. The third-order valence-corrected chi connectivity index (χ3v) is 4.45. The highest BCUT2D eigenvalue weighted by Crippen LogP contribution is 2.30. The molecule has 3 aromatic heterocycles. The quantitative estimate of drug-likeness (QED) is 0.701. The lowest BCUT2D eigenvalue weighted by molar-refractivity contribution is -0.126. The summed E-state index contributed by atoms with van der Waals surface area (Å²) in [7, 11) is 0. The van der Waals surface area contributed by atoms with E-state index in [1.165, 1.54) is 12.2 Å². The van der Waals surface area contributed by atoms with Crippen molar-refractivity contribution in [3.63, 3.8) is 0 Å². The fourth-order valence-corrected chi connectivity index (χ4v) is 2.89. The summed E-state index contributed by atoms with van der Waals surface area (Å²) in [5.74, 6) is -0.590. The molecule has 136 valence electrons. The summed E-state index contributed by atoms with van der Waals surface area (Å²) >= 11 is 0. The summed E-state index contributed by atoms with van der Waals surface area (Å²) in [6, 6.07) is 5.65. The minimum atomic E-state index is -0.701. The van der Waals surface area contributed by atoms with Gasteiger partial charge in [-0.05, 0) is 31.2 Å². The van der Waals surface area contributed by atoms with Gasteiger partial charge in [-0.25, -0.2) is 14.5 Å². The molecule has 3 aromatic rings. The van der Waals surface area contributed by atoms with Crippen LogP contribution < -0.4 is 5.32 Å². The largest absolute Gasteiger partial charge is 0.365 e. The first-order valence-corrected chi connectivity index (χ1v) is 8.65. The topological polar surface area (TPSA) is 93.7 Å². The first-order chi connectivity index (χ1) is 13.1. The van der Waals surface area contributed by atoms with Crippen LogP contribution in [0.5, 0.6) is 0 Å². The number of nitrogens with one attached hydrogen (secondary N) is 1. The summed E-state index contributed by atoms with van der Waals surface area (Å²) in [4.78, 5) is 32.7. The highest BCUT2D eigenvalue weighted by atomic mass is 16.2. The van der Waals surface area contributed by atoms with E-state index < -0.39 is 5.92 Å². The first-order valence-electron chi connectivity index (χ1n) is 8.65. The molecular weight excluding hydrogens is 344 g/mol. The number of hydrogen-bond acceptors (Lipinski definition) is 6. The fraction of sp³-hybridized carbons (Fsp3) is 0.211. The number of aliphatic imine (C=N–C) groups is 1. The molecule has 0 aliphatic heterocycles. The van der Waals surface area contributed by atoms with Crippen molar-refractivity contribution in [2.45, 2.75) is 13.5 Å². The Morgan fingerprint density at radius 3 is 2.93 bits per heavy atom. The molecule has 1 atom stereocenters. The van der Waals surface area contributed by atoms with Crippen molar-refractivity contribution < 1.29 is 9.59 Å². The number of fused-ring (bicyclic) bond motifs is 1. The first kappa shape index (κ1) is 16.9. The summed E-state index contributed by atoms with van der Waals surface area (Å²) in [6.45, 7) is 2.94. The number of nitrogens with zero attached hydrogens (tertiary/aromatic N) is 5. The number of aromatic nitrogens is 4. The van der Waals surface area contributed by atoms with Gasteiger partial charge in [-0.15, -0.1) is 5.10 Å². The predicted octanol–water partition coefficient (Wildman–Crippen LogP) is 2.06. The minimum Gasteiger partial charge on any atom is -0.365 e. The Labute approximate surface area is 155 Å². The van der Waals surface area contributed by atoms with E-state index in [1.54, 1.807) is 24.0 Å². The molecule has 0 aromatic carbocycles. The van der Waals surface area contributed by atoms with E-state index in [2.05, 4.69) is 20.4 Å². The molecule has 8 nitrogen and oxygen atoms in total. The number of ketones is 2. The zero-order valence-electron chi connectivity index (χ0n) is 14.7. The van der Waals surface area contributed by atoms with Gasteiger partial charge in [-0.3, -0.25) is 9.59 Å². The van der Waals surface area contributed by atoms with Crippen LogP contribution in [0, 0.1) is 5.92 Å². The van der Waals surface area contributed by atoms with Crippen molar-refractivity contribution in [3.8, 4) is 0 Å². The predicted molar refractivity (Wildman–Crippen MR) is 101 cm³/mol. The lowest BCUT2D eigenvalue weighted by atomic mass is 9.92. The van der Waals surface area contributed by atoms with Gasteiger partial charge in [-0.2, -0.15) is 0 Å². The summed E-state index contributed by atoms with van der Waals surface area (Å²) < 4.78 is 3.67. The van der Waals surface area contributed by atoms with Crippen molar-refractivity contribution in [1.29, 1.82) is 0 Å². The van der Waals surface area contributed by atoms with E-state index >= 15 is 0 Å². The van der Waals surface area contributed by atoms with Crippen molar-refractivity contribution in [1.82, 2.24) is 19.2 Å². The molecule has 0 amide bonds. The second-order valence-corrected chi connectivity index (χ2v) is 6.27. The standard InChI is InChI=1S/C19H18N6O2/c1-13-16(26)6-5-14(18(13)27)22-17-15-4-2-3-9-25(15)23-19(17)21-8-11-24-10-7-20-12-24/h2-7,9-10,12-13H,8,11H2,1H3,(H,21,23). The van der Waals surface area contributed by atoms with Crippen molar-refractivity contribution in [2.75, 3.05) is 11.9 Å². The molecule has 1 N–H and O–H groups in total. The molecule has 0 radical (unpaired) electrons. The van der Waals surface area contributed by atoms with Crippen LogP contribution in [0.4, 0.5) is 11.5 Å². The zero-order valence-corrected chi connectivity index (χ0v) is 14.7. The summed E-state index contributed by atoms with van der Waals surface area (Å²) in [5, 5.41) is 7.80. The molecule has 0 saturated heterocycles. The summed E-state index contributed by atoms with van der Waals surface area (Å²) in [6.07, 6.45) is 10.1. The van der Waals surface area contributed by atoms with E-state index in [-0.39, 0.29) is 17.3 Å². The van der Waals surface area contributed by atoms with Crippen LogP contribution in [-0.2, 0) is 16.1 Å². The maximum absolute atomic E-state index is 12.4. The van der Waals surface area contributed by atoms with Gasteiger partial charge in [0.05, 0.1) is 17.8 Å². The molecule has 1 aliphatic carbocycles. The van der Waals surface area contributed by atoms with Crippen LogP contribution in [0.2, 0.25) is 0 Å². The molecule has 8 heteroatoms. The Morgan fingerprint density at radius 2 is 2.11 bits per heavy atom. The van der Waals surface area contributed by atoms with E-state index in [9.17, 15) is 9.59 Å². The van der Waals surface area contributed by atoms with Crippen LogP contribution in [0.25, 0.3) is 5.52 Å². The van der Waals surface area contributed by atoms with E-state index in [0.717, 1.165) is 5.52 Å². The Balaban J connectivity index is 1.68. The molecule has 3 heterocycles. The molecule has 27 heavy (non-hydrogen) atoms. The number of allylic oxidation sites excluding steroid dienone is 2. The van der Waals surface area contributed by atoms with Crippen LogP contribution >= 0.6 is 0 Å². The maximum atomic E-state index is 12.4. The highest BCUT2D eigenvalue weighted by Gasteiger charge is 2.27. The van der Waals surface area contributed by atoms with Crippen LogP contribution in [0.1, 0.15) is 6.92 Å². The Kier molecular flexibility index (Phi) is 4.37. The van der Waals surface area contributed by atoms with E-state index in [1.807, 2.05) is 35.2 Å².